The van der Waals surface area contributed by atoms with Gasteiger partial charge in [0.2, 0.25) is 5.88 Å². The van der Waals surface area contributed by atoms with Crippen LogP contribution in [0.15, 0.2) is 53.9 Å². The summed E-state index contributed by atoms with van der Waals surface area (Å²) in [5.41, 5.74) is 12.1. The van der Waals surface area contributed by atoms with E-state index in [1.165, 1.54) is 37.5 Å². The predicted molar refractivity (Wildman–Crippen MR) is 142 cm³/mol. The van der Waals surface area contributed by atoms with E-state index < -0.39 is 5.82 Å². The van der Waals surface area contributed by atoms with E-state index in [0.717, 1.165) is 40.7 Å². The van der Waals surface area contributed by atoms with Crippen molar-refractivity contribution in [3.05, 3.63) is 70.9 Å². The van der Waals surface area contributed by atoms with E-state index in [0.29, 0.717) is 22.5 Å². The number of halogens is 2. The summed E-state index contributed by atoms with van der Waals surface area (Å²) in [4.78, 5) is 8.84. The number of aliphatic imine (C=N–C) groups is 1. The number of rotatable bonds is 6. The minimum absolute atomic E-state index is 0.209. The molecule has 0 unspecified atom stereocenters. The van der Waals surface area contributed by atoms with Gasteiger partial charge in [-0.3, -0.25) is 0 Å². The number of hydrogen-bond donors (Lipinski definition) is 2. The number of anilines is 1. The zero-order valence-corrected chi connectivity index (χ0v) is 21.0. The van der Waals surface area contributed by atoms with E-state index in [2.05, 4.69) is 26.5 Å². The summed E-state index contributed by atoms with van der Waals surface area (Å²) in [7, 11) is 1.60. The molecule has 0 radical (unpaired) electrons. The molecule has 0 aliphatic heterocycles. The van der Waals surface area contributed by atoms with Crippen LogP contribution in [0.25, 0.3) is 16.6 Å². The second kappa shape index (κ2) is 10.1. The Kier molecular flexibility index (Phi) is 6.78. The van der Waals surface area contributed by atoms with Gasteiger partial charge in [0.25, 0.3) is 0 Å². The Morgan fingerprint density at radius 1 is 1.19 bits per heavy atom. The van der Waals surface area contributed by atoms with Gasteiger partial charge in [-0.05, 0) is 43.5 Å². The lowest BCUT2D eigenvalue weighted by atomic mass is 9.95. The van der Waals surface area contributed by atoms with Gasteiger partial charge in [-0.2, -0.15) is 5.10 Å². The van der Waals surface area contributed by atoms with E-state index >= 15 is 0 Å². The molecule has 0 amide bonds. The number of nitrogens with zero attached hydrogens (tertiary/aromatic N) is 4. The van der Waals surface area contributed by atoms with Crippen LogP contribution in [0.3, 0.4) is 0 Å². The molecule has 1 aliphatic rings. The molecule has 3 heterocycles. The summed E-state index contributed by atoms with van der Waals surface area (Å²) in [6.07, 6.45) is 11.2. The fourth-order valence-electron chi connectivity index (χ4n) is 4.71. The van der Waals surface area contributed by atoms with Crippen LogP contribution in [0.2, 0.25) is 5.02 Å². The molecule has 1 aliphatic carbocycles. The Hall–Kier alpha value is -3.65. The fraction of sp³-hybridized carbons (Fsp3) is 0.296. The predicted octanol–water partition coefficient (Wildman–Crippen LogP) is 6.29. The van der Waals surface area contributed by atoms with Gasteiger partial charge in [0.1, 0.15) is 11.7 Å². The first-order chi connectivity index (χ1) is 17.4. The average Bonchev–Trinajstić information content (AvgIpc) is 3.31. The number of methoxy groups -OCH3 is 1. The van der Waals surface area contributed by atoms with Crippen molar-refractivity contribution in [3.63, 3.8) is 0 Å². The minimum Gasteiger partial charge on any atom is -0.481 e. The summed E-state index contributed by atoms with van der Waals surface area (Å²) in [5, 5.41) is 8.65. The van der Waals surface area contributed by atoms with Crippen molar-refractivity contribution in [1.82, 2.24) is 14.6 Å². The summed E-state index contributed by atoms with van der Waals surface area (Å²) in [5.74, 6) is 0.348. The highest BCUT2D eigenvalue weighted by molar-refractivity contribution is 6.33. The van der Waals surface area contributed by atoms with E-state index in [1.807, 2.05) is 23.7 Å². The second-order valence-corrected chi connectivity index (χ2v) is 9.51. The standard InChI is InChI=1S/C27H28ClFN6O/c1-16-10-25(36-2)31-13-20(16)17-11-24-26(33-19-6-4-3-5-7-19)21(14-32-35(24)15-17)27(30)34-23-12-18(29)8-9-22(23)28/h8-15,19,33H,3-7H2,1-2H3,(H2,30,34). The third-order valence-electron chi connectivity index (χ3n) is 6.62. The van der Waals surface area contributed by atoms with E-state index in [1.54, 1.807) is 19.5 Å². The van der Waals surface area contributed by atoms with Gasteiger partial charge in [-0.15, -0.1) is 0 Å². The molecule has 1 aromatic carbocycles. The maximum atomic E-state index is 13.8. The molecule has 186 valence electrons. The van der Waals surface area contributed by atoms with Crippen LogP contribution >= 0.6 is 11.6 Å². The molecule has 3 N–H and O–H groups in total. The molecule has 1 saturated carbocycles. The van der Waals surface area contributed by atoms with Crippen LogP contribution in [0.4, 0.5) is 15.8 Å². The highest BCUT2D eigenvalue weighted by Gasteiger charge is 2.20. The first kappa shape index (κ1) is 24.1. The van der Waals surface area contributed by atoms with E-state index in [9.17, 15) is 4.39 Å². The van der Waals surface area contributed by atoms with Crippen LogP contribution in [0.1, 0.15) is 43.2 Å². The smallest absolute Gasteiger partial charge is 0.213 e. The van der Waals surface area contributed by atoms with Gasteiger partial charge < -0.3 is 15.8 Å². The number of ether oxygens (including phenoxy) is 1. The van der Waals surface area contributed by atoms with Crippen LogP contribution in [0.5, 0.6) is 5.88 Å². The molecule has 4 aromatic rings. The number of amidine groups is 1. The molecule has 1 fully saturated rings. The largest absolute Gasteiger partial charge is 0.481 e. The highest BCUT2D eigenvalue weighted by atomic mass is 35.5. The van der Waals surface area contributed by atoms with Gasteiger partial charge in [-0.25, -0.2) is 18.9 Å². The van der Waals surface area contributed by atoms with Gasteiger partial charge in [0.15, 0.2) is 0 Å². The van der Waals surface area contributed by atoms with Crippen molar-refractivity contribution >= 4 is 34.3 Å². The Morgan fingerprint density at radius 3 is 2.75 bits per heavy atom. The molecule has 9 heteroatoms. The summed E-state index contributed by atoms with van der Waals surface area (Å²) >= 11 is 6.25. The van der Waals surface area contributed by atoms with E-state index in [-0.39, 0.29) is 11.5 Å². The Labute approximate surface area is 214 Å². The van der Waals surface area contributed by atoms with Gasteiger partial charge in [0.05, 0.1) is 40.8 Å². The molecule has 36 heavy (non-hydrogen) atoms. The third kappa shape index (κ3) is 4.86. The summed E-state index contributed by atoms with van der Waals surface area (Å²) < 4.78 is 20.9. The summed E-state index contributed by atoms with van der Waals surface area (Å²) in [6.45, 7) is 2.02. The lowest BCUT2D eigenvalue weighted by molar-refractivity contribution is 0.397. The number of fused-ring (bicyclic) bond motifs is 1. The number of aromatic nitrogens is 3. The molecule has 7 nitrogen and oxygen atoms in total. The molecule has 0 atom stereocenters. The third-order valence-corrected chi connectivity index (χ3v) is 6.94. The van der Waals surface area contributed by atoms with Crippen LogP contribution in [-0.4, -0.2) is 33.6 Å². The normalized spacial score (nSPS) is 14.8. The first-order valence-electron chi connectivity index (χ1n) is 12.0. The lowest BCUT2D eigenvalue weighted by Crippen LogP contribution is -2.25. The molecular weight excluding hydrogens is 479 g/mol. The number of pyridine rings is 1. The zero-order chi connectivity index (χ0) is 25.2. The molecular formula is C27H28ClFN6O. The number of nitrogens with two attached hydrogens (primary N) is 1. The van der Waals surface area contributed by atoms with E-state index in [4.69, 9.17) is 22.1 Å². The molecule has 3 aromatic heterocycles. The van der Waals surface area contributed by atoms with Crippen LogP contribution in [0, 0.1) is 12.7 Å². The summed E-state index contributed by atoms with van der Waals surface area (Å²) in [6, 6.07) is 8.32. The fourth-order valence-corrected chi connectivity index (χ4v) is 4.87. The van der Waals surface area contributed by atoms with Gasteiger partial charge in [0, 0.05) is 41.7 Å². The van der Waals surface area contributed by atoms with Crippen molar-refractivity contribution in [2.75, 3.05) is 12.4 Å². The monoisotopic (exact) mass is 506 g/mol. The quantitative estimate of drug-likeness (QED) is 0.237. The second-order valence-electron chi connectivity index (χ2n) is 9.11. The molecule has 5 rings (SSSR count). The van der Waals surface area contributed by atoms with Crippen molar-refractivity contribution in [1.29, 1.82) is 0 Å². The maximum absolute atomic E-state index is 13.8. The number of aryl methyl sites for hydroxylation is 1. The SMILES string of the molecule is COc1cc(C)c(-c2cc3c(NC4CCCCC4)c(C(N)=Nc4cc(F)ccc4Cl)cnn3c2)cn1. The van der Waals surface area contributed by atoms with Crippen molar-refractivity contribution < 1.29 is 9.13 Å². The van der Waals surface area contributed by atoms with Gasteiger partial charge in [-0.1, -0.05) is 30.9 Å². The van der Waals surface area contributed by atoms with Crippen LogP contribution < -0.4 is 15.8 Å². The zero-order valence-electron chi connectivity index (χ0n) is 20.3. The molecule has 0 spiro atoms. The number of nitrogens with one attached hydrogen (secondary N) is 1. The Bertz CT molecular complexity index is 1440. The van der Waals surface area contributed by atoms with Crippen LogP contribution in [-0.2, 0) is 0 Å². The first-order valence-corrected chi connectivity index (χ1v) is 12.4. The van der Waals surface area contributed by atoms with Crippen molar-refractivity contribution in [3.8, 4) is 17.0 Å². The average molecular weight is 507 g/mol. The number of benzene rings is 1. The number of hydrogen-bond acceptors (Lipinski definition) is 5. The highest BCUT2D eigenvalue weighted by Crippen LogP contribution is 2.33. The van der Waals surface area contributed by atoms with Crippen molar-refractivity contribution in [2.24, 2.45) is 10.7 Å². The molecule has 0 bridgehead atoms. The maximum Gasteiger partial charge on any atom is 0.213 e. The minimum atomic E-state index is -0.431. The Morgan fingerprint density at radius 2 is 2.00 bits per heavy atom. The van der Waals surface area contributed by atoms with Gasteiger partial charge >= 0.3 is 0 Å². The lowest BCUT2D eigenvalue weighted by Gasteiger charge is -2.25. The topological polar surface area (TPSA) is 89.8 Å². The van der Waals surface area contributed by atoms with Crippen molar-refractivity contribution in [2.45, 2.75) is 45.1 Å². The molecule has 0 saturated heterocycles. The Balaban J connectivity index is 1.63.